The number of aliphatic hydroxyl groups is 1. The zero-order chi connectivity index (χ0) is 14.7. The van der Waals surface area contributed by atoms with Crippen LogP contribution >= 0.6 is 15.9 Å². The summed E-state index contributed by atoms with van der Waals surface area (Å²) >= 11 is 3.51. The summed E-state index contributed by atoms with van der Waals surface area (Å²) in [5.74, 6) is 1.01. The molecule has 1 aliphatic heterocycles. The lowest BCUT2D eigenvalue weighted by molar-refractivity contribution is 0.0782. The van der Waals surface area contributed by atoms with Crippen molar-refractivity contribution in [3.8, 4) is 5.75 Å². The van der Waals surface area contributed by atoms with Crippen LogP contribution in [0, 0.1) is 5.41 Å². The average molecular weight is 354 g/mol. The Labute approximate surface area is 135 Å². The van der Waals surface area contributed by atoms with E-state index in [4.69, 9.17) is 4.74 Å². The Hall–Kier alpha value is -0.580. The van der Waals surface area contributed by atoms with Crippen LogP contribution in [0.4, 0.5) is 0 Å². The lowest BCUT2D eigenvalue weighted by atomic mass is 9.74. The predicted molar refractivity (Wildman–Crippen MR) is 87.7 cm³/mol. The van der Waals surface area contributed by atoms with Gasteiger partial charge in [-0.2, -0.15) is 0 Å². The molecule has 1 fully saturated rings. The number of hydrogen-bond acceptors (Lipinski definition) is 3. The van der Waals surface area contributed by atoms with Crippen LogP contribution in [0.3, 0.4) is 0 Å². The molecule has 0 aromatic heterocycles. The highest BCUT2D eigenvalue weighted by Crippen LogP contribution is 2.35. The molecule has 0 spiro atoms. The van der Waals surface area contributed by atoms with Gasteiger partial charge in [-0.3, -0.25) is 0 Å². The van der Waals surface area contributed by atoms with E-state index in [1.807, 2.05) is 12.1 Å². The zero-order valence-corrected chi connectivity index (χ0v) is 14.0. The monoisotopic (exact) mass is 353 g/mol. The number of hydrogen-bond donors (Lipinski definition) is 2. The molecule has 1 unspecified atom stereocenters. The van der Waals surface area contributed by atoms with Crippen molar-refractivity contribution in [2.45, 2.75) is 44.6 Å². The van der Waals surface area contributed by atoms with E-state index in [0.717, 1.165) is 42.6 Å². The van der Waals surface area contributed by atoms with Crippen molar-refractivity contribution in [2.75, 3.05) is 19.7 Å². The van der Waals surface area contributed by atoms with E-state index in [9.17, 15) is 5.11 Å². The van der Waals surface area contributed by atoms with E-state index in [1.165, 1.54) is 24.8 Å². The summed E-state index contributed by atoms with van der Waals surface area (Å²) in [6.45, 7) is 2.07. The molecular weight excluding hydrogens is 330 g/mol. The van der Waals surface area contributed by atoms with Crippen LogP contribution in [0.5, 0.6) is 5.75 Å². The standard InChI is InChI=1S/C17H24BrNO2/c18-14-4-5-16-13(8-14)9-15(21-16)10-19-11-17(12-20)6-2-1-3-7-17/h4-5,8,15,19-20H,1-3,6-7,9-12H2. The van der Waals surface area contributed by atoms with Crippen LogP contribution in [0.15, 0.2) is 22.7 Å². The fraction of sp³-hybridized carbons (Fsp3) is 0.647. The van der Waals surface area contributed by atoms with Crippen molar-refractivity contribution in [3.05, 3.63) is 28.2 Å². The molecule has 0 bridgehead atoms. The summed E-state index contributed by atoms with van der Waals surface area (Å²) in [7, 11) is 0. The number of aliphatic hydroxyl groups excluding tert-OH is 1. The molecule has 1 heterocycles. The molecular formula is C17H24BrNO2. The third kappa shape index (κ3) is 3.61. The van der Waals surface area contributed by atoms with Crippen LogP contribution < -0.4 is 10.1 Å². The van der Waals surface area contributed by atoms with Crippen molar-refractivity contribution < 1.29 is 9.84 Å². The summed E-state index contributed by atoms with van der Waals surface area (Å²) in [6.07, 6.45) is 7.30. The second kappa shape index (κ2) is 6.67. The second-order valence-electron chi connectivity index (χ2n) is 6.55. The van der Waals surface area contributed by atoms with Gasteiger partial charge in [0.15, 0.2) is 0 Å². The van der Waals surface area contributed by atoms with Gasteiger partial charge in [0.1, 0.15) is 11.9 Å². The minimum Gasteiger partial charge on any atom is -0.488 e. The van der Waals surface area contributed by atoms with Gasteiger partial charge in [0.2, 0.25) is 0 Å². The Morgan fingerprint density at radius 1 is 1.29 bits per heavy atom. The minimum atomic E-state index is 0.104. The molecule has 1 aromatic rings. The minimum absolute atomic E-state index is 0.104. The summed E-state index contributed by atoms with van der Waals surface area (Å²) in [5, 5.41) is 13.3. The molecule has 3 nitrogen and oxygen atoms in total. The topological polar surface area (TPSA) is 41.5 Å². The molecule has 1 aliphatic carbocycles. The van der Waals surface area contributed by atoms with Gasteiger partial charge >= 0.3 is 0 Å². The largest absolute Gasteiger partial charge is 0.488 e. The normalized spacial score (nSPS) is 23.6. The Kier molecular flexibility index (Phi) is 4.87. The Morgan fingerprint density at radius 2 is 2.10 bits per heavy atom. The SMILES string of the molecule is OCC1(CNCC2Cc3cc(Br)ccc3O2)CCCCC1. The van der Waals surface area contributed by atoms with Crippen LogP contribution in [-0.2, 0) is 6.42 Å². The highest BCUT2D eigenvalue weighted by Gasteiger charge is 2.31. The van der Waals surface area contributed by atoms with Gasteiger partial charge < -0.3 is 15.2 Å². The lowest BCUT2D eigenvalue weighted by Crippen LogP contribution is -2.42. The van der Waals surface area contributed by atoms with Crippen molar-refractivity contribution in [1.29, 1.82) is 0 Å². The number of rotatable bonds is 5. The van der Waals surface area contributed by atoms with E-state index >= 15 is 0 Å². The second-order valence-corrected chi connectivity index (χ2v) is 7.46. The molecule has 0 radical (unpaired) electrons. The first kappa shape index (κ1) is 15.3. The van der Waals surface area contributed by atoms with E-state index in [0.29, 0.717) is 6.61 Å². The van der Waals surface area contributed by atoms with Crippen molar-refractivity contribution >= 4 is 15.9 Å². The molecule has 116 valence electrons. The van der Waals surface area contributed by atoms with Gasteiger partial charge in [-0.1, -0.05) is 35.2 Å². The maximum Gasteiger partial charge on any atom is 0.123 e. The molecule has 1 aromatic carbocycles. The smallest absolute Gasteiger partial charge is 0.123 e. The maximum absolute atomic E-state index is 9.73. The number of benzene rings is 1. The predicted octanol–water partition coefficient (Wildman–Crippen LogP) is 3.29. The third-order valence-corrected chi connectivity index (χ3v) is 5.38. The number of fused-ring (bicyclic) bond motifs is 1. The van der Waals surface area contributed by atoms with Gasteiger partial charge in [0, 0.05) is 36.0 Å². The highest BCUT2D eigenvalue weighted by atomic mass is 79.9. The molecule has 0 amide bonds. The Balaban J connectivity index is 1.48. The molecule has 1 atom stereocenters. The zero-order valence-electron chi connectivity index (χ0n) is 12.4. The number of nitrogens with one attached hydrogen (secondary N) is 1. The number of halogens is 1. The fourth-order valence-electron chi connectivity index (χ4n) is 3.59. The lowest BCUT2D eigenvalue weighted by Gasteiger charge is -2.36. The van der Waals surface area contributed by atoms with Crippen LogP contribution in [0.1, 0.15) is 37.7 Å². The summed E-state index contributed by atoms with van der Waals surface area (Å²) in [4.78, 5) is 0. The third-order valence-electron chi connectivity index (χ3n) is 4.89. The quantitative estimate of drug-likeness (QED) is 0.853. The molecule has 0 saturated heterocycles. The van der Waals surface area contributed by atoms with Gasteiger partial charge in [-0.15, -0.1) is 0 Å². The van der Waals surface area contributed by atoms with Gasteiger partial charge in [0.05, 0.1) is 0 Å². The molecule has 2 N–H and O–H groups in total. The van der Waals surface area contributed by atoms with E-state index in [1.54, 1.807) is 0 Å². The first-order valence-corrected chi connectivity index (χ1v) is 8.77. The van der Waals surface area contributed by atoms with E-state index in [-0.39, 0.29) is 11.5 Å². The first-order valence-electron chi connectivity index (χ1n) is 7.97. The summed E-state index contributed by atoms with van der Waals surface area (Å²) in [6, 6.07) is 6.21. The van der Waals surface area contributed by atoms with Crippen LogP contribution in [-0.4, -0.2) is 30.9 Å². The van der Waals surface area contributed by atoms with E-state index in [2.05, 4.69) is 27.3 Å². The van der Waals surface area contributed by atoms with Gasteiger partial charge in [0.25, 0.3) is 0 Å². The summed E-state index contributed by atoms with van der Waals surface area (Å²) < 4.78 is 7.08. The number of ether oxygens (including phenoxy) is 1. The van der Waals surface area contributed by atoms with E-state index < -0.39 is 0 Å². The molecule has 4 heteroatoms. The van der Waals surface area contributed by atoms with Crippen LogP contribution in [0.25, 0.3) is 0 Å². The Morgan fingerprint density at radius 3 is 2.86 bits per heavy atom. The summed E-state index contributed by atoms with van der Waals surface area (Å²) in [5.41, 5.74) is 1.39. The average Bonchev–Trinajstić information content (AvgIpc) is 2.90. The molecule has 3 rings (SSSR count). The van der Waals surface area contributed by atoms with Gasteiger partial charge in [-0.05, 0) is 36.6 Å². The van der Waals surface area contributed by atoms with Crippen molar-refractivity contribution in [3.63, 3.8) is 0 Å². The van der Waals surface area contributed by atoms with Crippen molar-refractivity contribution in [2.24, 2.45) is 5.41 Å². The molecule has 21 heavy (non-hydrogen) atoms. The Bertz CT molecular complexity index is 486. The van der Waals surface area contributed by atoms with Gasteiger partial charge in [-0.25, -0.2) is 0 Å². The van der Waals surface area contributed by atoms with Crippen molar-refractivity contribution in [1.82, 2.24) is 5.32 Å². The highest BCUT2D eigenvalue weighted by molar-refractivity contribution is 9.10. The molecule has 1 saturated carbocycles. The molecule has 2 aliphatic rings. The van der Waals surface area contributed by atoms with Crippen LogP contribution in [0.2, 0.25) is 0 Å². The first-order chi connectivity index (χ1) is 10.2. The fourth-order valence-corrected chi connectivity index (χ4v) is 4.00. The maximum atomic E-state index is 9.73.